The summed E-state index contributed by atoms with van der Waals surface area (Å²) in [4.78, 5) is 25.1. The Balaban J connectivity index is 1.49. The van der Waals surface area contributed by atoms with Crippen LogP contribution >= 0.6 is 0 Å². The molecule has 0 aliphatic carbocycles. The Hall–Kier alpha value is -2.57. The third-order valence-electron chi connectivity index (χ3n) is 5.28. The summed E-state index contributed by atoms with van der Waals surface area (Å²) in [6.07, 6.45) is 4.42. The molecule has 0 atom stereocenters. The number of nitrogens with zero attached hydrogens (tertiary/aromatic N) is 4. The molecule has 1 spiro atoms. The Labute approximate surface area is 159 Å². The van der Waals surface area contributed by atoms with Crippen molar-refractivity contribution in [2.24, 2.45) is 5.41 Å². The van der Waals surface area contributed by atoms with Crippen LogP contribution < -0.4 is 9.64 Å². The van der Waals surface area contributed by atoms with Gasteiger partial charge < -0.3 is 19.3 Å². The van der Waals surface area contributed by atoms with E-state index in [2.05, 4.69) is 14.9 Å². The van der Waals surface area contributed by atoms with Crippen LogP contribution in [0.15, 0.2) is 24.5 Å². The van der Waals surface area contributed by atoms with Crippen LogP contribution in [0.1, 0.15) is 27.2 Å². The number of methoxy groups -OCH3 is 1. The second-order valence-electron chi connectivity index (χ2n) is 8.55. The van der Waals surface area contributed by atoms with Gasteiger partial charge in [0.15, 0.2) is 0 Å². The molecule has 0 bridgehead atoms. The van der Waals surface area contributed by atoms with Gasteiger partial charge in [0.25, 0.3) is 0 Å². The Bertz CT molecular complexity index is 871. The van der Waals surface area contributed by atoms with Crippen molar-refractivity contribution in [1.82, 2.24) is 14.9 Å². The quantitative estimate of drug-likeness (QED) is 0.809. The Morgan fingerprint density at radius 1 is 1.15 bits per heavy atom. The Morgan fingerprint density at radius 2 is 1.89 bits per heavy atom. The summed E-state index contributed by atoms with van der Waals surface area (Å²) < 4.78 is 10.8. The lowest BCUT2D eigenvalue weighted by molar-refractivity contribution is -0.0266. The van der Waals surface area contributed by atoms with E-state index in [1.54, 1.807) is 19.5 Å². The van der Waals surface area contributed by atoms with Gasteiger partial charge in [0.05, 0.1) is 7.11 Å². The molecule has 0 N–H and O–H groups in total. The highest BCUT2D eigenvalue weighted by molar-refractivity contribution is 5.94. The average molecular weight is 370 g/mol. The monoisotopic (exact) mass is 370 g/mol. The van der Waals surface area contributed by atoms with Crippen molar-refractivity contribution in [3.8, 4) is 5.88 Å². The van der Waals surface area contributed by atoms with Gasteiger partial charge in [-0.05, 0) is 39.3 Å². The first-order valence-corrected chi connectivity index (χ1v) is 9.31. The number of hydrogen-bond donors (Lipinski definition) is 0. The molecule has 27 heavy (non-hydrogen) atoms. The van der Waals surface area contributed by atoms with Gasteiger partial charge in [0, 0.05) is 55.1 Å². The fourth-order valence-electron chi connectivity index (χ4n) is 4.08. The van der Waals surface area contributed by atoms with E-state index >= 15 is 0 Å². The highest BCUT2D eigenvalue weighted by Crippen LogP contribution is 2.43. The lowest BCUT2D eigenvalue weighted by Crippen LogP contribution is -2.60. The third kappa shape index (κ3) is 3.26. The first kappa shape index (κ1) is 17.8. The van der Waals surface area contributed by atoms with Gasteiger partial charge >= 0.3 is 6.09 Å². The normalized spacial score (nSPS) is 18.7. The number of amides is 1. The van der Waals surface area contributed by atoms with Gasteiger partial charge in [-0.25, -0.2) is 9.78 Å². The summed E-state index contributed by atoms with van der Waals surface area (Å²) in [7, 11) is 1.61. The lowest BCUT2D eigenvalue weighted by atomic mass is 9.79. The van der Waals surface area contributed by atoms with Gasteiger partial charge in [-0.3, -0.25) is 4.98 Å². The number of pyridine rings is 2. The number of fused-ring (bicyclic) bond motifs is 1. The molecule has 2 aliphatic rings. The zero-order chi connectivity index (χ0) is 19.2. The molecule has 7 nitrogen and oxygen atoms in total. The molecule has 2 saturated heterocycles. The van der Waals surface area contributed by atoms with E-state index in [9.17, 15) is 4.79 Å². The van der Waals surface area contributed by atoms with Crippen LogP contribution in [0.2, 0.25) is 0 Å². The lowest BCUT2D eigenvalue weighted by Gasteiger charge is -2.47. The highest BCUT2D eigenvalue weighted by Gasteiger charge is 2.50. The number of ether oxygens (including phenoxy) is 2. The fourth-order valence-corrected chi connectivity index (χ4v) is 4.08. The number of rotatable bonds is 2. The molecule has 2 aromatic heterocycles. The summed E-state index contributed by atoms with van der Waals surface area (Å²) in [6, 6.07) is 4.03. The molecule has 2 aromatic rings. The highest BCUT2D eigenvalue weighted by atomic mass is 16.6. The third-order valence-corrected chi connectivity index (χ3v) is 5.28. The van der Waals surface area contributed by atoms with Gasteiger partial charge in [-0.1, -0.05) is 0 Å². The summed E-state index contributed by atoms with van der Waals surface area (Å²) >= 11 is 0. The molecule has 0 saturated carbocycles. The van der Waals surface area contributed by atoms with E-state index < -0.39 is 5.60 Å². The standard InChI is InChI=1S/C20H26N4O3/c1-19(2,3)27-18(25)24-12-20(13-24)7-10-23(11-20)15-6-9-21-16-14(15)5-8-22-17(16)26-4/h5-6,8-9H,7,10-13H2,1-4H3. The van der Waals surface area contributed by atoms with E-state index in [1.165, 1.54) is 0 Å². The SMILES string of the molecule is COc1nccc2c(N3CCC4(CN(C(=O)OC(C)(C)C)C4)C3)ccnc12. The summed E-state index contributed by atoms with van der Waals surface area (Å²) in [5.74, 6) is 0.544. The first-order chi connectivity index (χ1) is 12.8. The maximum Gasteiger partial charge on any atom is 0.410 e. The molecule has 7 heteroatoms. The minimum atomic E-state index is -0.454. The number of carbonyl (C=O) groups excluding carboxylic acids is 1. The van der Waals surface area contributed by atoms with E-state index in [-0.39, 0.29) is 11.5 Å². The molecule has 0 unspecified atom stereocenters. The van der Waals surface area contributed by atoms with E-state index in [0.29, 0.717) is 5.88 Å². The molecule has 2 aliphatic heterocycles. The second kappa shape index (κ2) is 6.25. The minimum Gasteiger partial charge on any atom is -0.479 e. The van der Waals surface area contributed by atoms with Gasteiger partial charge in [0.2, 0.25) is 5.88 Å². The van der Waals surface area contributed by atoms with Crippen LogP contribution in [0.5, 0.6) is 5.88 Å². The molecule has 0 aromatic carbocycles. The molecular formula is C20H26N4O3. The Kier molecular flexibility index (Phi) is 4.13. The minimum absolute atomic E-state index is 0.156. The number of anilines is 1. The van der Waals surface area contributed by atoms with Crippen LogP contribution in [0.4, 0.5) is 10.5 Å². The Morgan fingerprint density at radius 3 is 2.59 bits per heavy atom. The van der Waals surface area contributed by atoms with Crippen LogP contribution in [0.3, 0.4) is 0 Å². The maximum atomic E-state index is 12.2. The molecule has 4 rings (SSSR count). The average Bonchev–Trinajstić information content (AvgIpc) is 3.03. The topological polar surface area (TPSA) is 67.8 Å². The zero-order valence-corrected chi connectivity index (χ0v) is 16.4. The van der Waals surface area contributed by atoms with Crippen molar-refractivity contribution in [3.05, 3.63) is 24.5 Å². The molecule has 144 valence electrons. The predicted molar refractivity (Wildman–Crippen MR) is 103 cm³/mol. The van der Waals surface area contributed by atoms with Crippen molar-refractivity contribution in [2.45, 2.75) is 32.8 Å². The maximum absolute atomic E-state index is 12.2. The smallest absolute Gasteiger partial charge is 0.410 e. The predicted octanol–water partition coefficient (Wildman–Crippen LogP) is 3.09. The van der Waals surface area contributed by atoms with Crippen LogP contribution in [-0.2, 0) is 4.74 Å². The first-order valence-electron chi connectivity index (χ1n) is 9.31. The van der Waals surface area contributed by atoms with Crippen molar-refractivity contribution in [1.29, 1.82) is 0 Å². The number of carbonyl (C=O) groups is 1. The number of likely N-dealkylation sites (tertiary alicyclic amines) is 1. The molecule has 0 radical (unpaired) electrons. The van der Waals surface area contributed by atoms with Crippen LogP contribution in [0.25, 0.3) is 10.9 Å². The van der Waals surface area contributed by atoms with Crippen molar-refractivity contribution >= 4 is 22.7 Å². The van der Waals surface area contributed by atoms with Crippen molar-refractivity contribution < 1.29 is 14.3 Å². The molecular weight excluding hydrogens is 344 g/mol. The molecule has 1 amide bonds. The van der Waals surface area contributed by atoms with Crippen LogP contribution in [0, 0.1) is 5.41 Å². The second-order valence-corrected chi connectivity index (χ2v) is 8.55. The van der Waals surface area contributed by atoms with Gasteiger partial charge in [-0.15, -0.1) is 0 Å². The summed E-state index contributed by atoms with van der Waals surface area (Å²) in [5.41, 5.74) is 1.63. The summed E-state index contributed by atoms with van der Waals surface area (Å²) in [6.45, 7) is 9.10. The van der Waals surface area contributed by atoms with Gasteiger partial charge in [-0.2, -0.15) is 0 Å². The fraction of sp³-hybridized carbons (Fsp3) is 0.550. The molecule has 2 fully saturated rings. The van der Waals surface area contributed by atoms with Crippen LogP contribution in [-0.4, -0.2) is 59.9 Å². The summed E-state index contributed by atoms with van der Waals surface area (Å²) in [5, 5.41) is 1.05. The molecule has 4 heterocycles. The largest absolute Gasteiger partial charge is 0.479 e. The van der Waals surface area contributed by atoms with E-state index in [0.717, 1.165) is 49.2 Å². The number of aromatic nitrogens is 2. The zero-order valence-electron chi connectivity index (χ0n) is 16.4. The van der Waals surface area contributed by atoms with Crippen molar-refractivity contribution in [3.63, 3.8) is 0 Å². The van der Waals surface area contributed by atoms with E-state index in [1.807, 2.05) is 37.8 Å². The van der Waals surface area contributed by atoms with Crippen molar-refractivity contribution in [2.75, 3.05) is 38.2 Å². The van der Waals surface area contributed by atoms with E-state index in [4.69, 9.17) is 9.47 Å². The van der Waals surface area contributed by atoms with Gasteiger partial charge in [0.1, 0.15) is 11.1 Å². The number of hydrogen-bond acceptors (Lipinski definition) is 6.